The van der Waals surface area contributed by atoms with Crippen LogP contribution in [0, 0.1) is 23.4 Å². The van der Waals surface area contributed by atoms with Crippen LogP contribution in [0.5, 0.6) is 0 Å². The first-order chi connectivity index (χ1) is 14.9. The molecule has 0 unspecified atom stereocenters. The molecule has 160 valence electrons. The number of rotatable bonds is 3. The van der Waals surface area contributed by atoms with Gasteiger partial charge in [0.1, 0.15) is 28.0 Å². The summed E-state index contributed by atoms with van der Waals surface area (Å²) in [5.74, 6) is -0.651. The number of aromatic nitrogens is 3. The van der Waals surface area contributed by atoms with Gasteiger partial charge in [-0.05, 0) is 55.7 Å². The fourth-order valence-corrected chi connectivity index (χ4v) is 5.19. The number of imidazole rings is 1. The van der Waals surface area contributed by atoms with E-state index in [1.165, 1.54) is 6.07 Å². The van der Waals surface area contributed by atoms with Crippen molar-refractivity contribution in [2.45, 2.75) is 44.4 Å². The topological polar surface area (TPSA) is 41.6 Å². The van der Waals surface area contributed by atoms with Gasteiger partial charge in [-0.25, -0.2) is 18.2 Å². The number of hydrogen-bond acceptors (Lipinski definition) is 2. The van der Waals surface area contributed by atoms with Crippen LogP contribution < -0.4 is 0 Å². The summed E-state index contributed by atoms with van der Waals surface area (Å²) in [7, 11) is 0. The van der Waals surface area contributed by atoms with Gasteiger partial charge < -0.3 is 4.98 Å². The summed E-state index contributed by atoms with van der Waals surface area (Å²) in [5.41, 5.74) is 1.82. The molecule has 0 amide bonds. The highest BCUT2D eigenvalue weighted by atomic mass is 35.5. The first-order valence-corrected chi connectivity index (χ1v) is 10.9. The monoisotopic (exact) mass is 443 g/mol. The fourth-order valence-electron chi connectivity index (χ4n) is 5.00. The third-order valence-electron chi connectivity index (χ3n) is 6.72. The number of hydrogen-bond donors (Lipinski definition) is 1. The predicted octanol–water partition coefficient (Wildman–Crippen LogP) is 7.26. The van der Waals surface area contributed by atoms with Crippen molar-refractivity contribution in [3.8, 4) is 0 Å². The van der Waals surface area contributed by atoms with Crippen LogP contribution in [-0.2, 0) is 0 Å². The van der Waals surface area contributed by atoms with Crippen LogP contribution in [0.25, 0.3) is 21.9 Å². The zero-order valence-electron chi connectivity index (χ0n) is 16.9. The van der Waals surface area contributed by atoms with E-state index in [0.29, 0.717) is 11.7 Å². The molecule has 1 aliphatic carbocycles. The zero-order valence-corrected chi connectivity index (χ0v) is 17.7. The molecule has 0 bridgehead atoms. The molecule has 7 heteroatoms. The second kappa shape index (κ2) is 7.83. The van der Waals surface area contributed by atoms with E-state index in [1.54, 1.807) is 12.3 Å². The third-order valence-corrected chi connectivity index (χ3v) is 7.09. The van der Waals surface area contributed by atoms with E-state index in [2.05, 4.69) is 15.0 Å². The molecule has 3 nitrogen and oxygen atoms in total. The average molecular weight is 444 g/mol. The van der Waals surface area contributed by atoms with Crippen molar-refractivity contribution < 1.29 is 13.2 Å². The van der Waals surface area contributed by atoms with Gasteiger partial charge in [0, 0.05) is 29.1 Å². The van der Waals surface area contributed by atoms with Gasteiger partial charge >= 0.3 is 0 Å². The minimum atomic E-state index is -0.804. The van der Waals surface area contributed by atoms with Gasteiger partial charge in [0.2, 0.25) is 0 Å². The fraction of sp³-hybridized carbons (Fsp3) is 0.333. The Morgan fingerprint density at radius 1 is 1.03 bits per heavy atom. The molecule has 0 aliphatic heterocycles. The molecule has 2 aromatic carbocycles. The number of nitrogens with zero attached hydrogens (tertiary/aromatic N) is 2. The number of nitrogens with one attached hydrogen (secondary N) is 1. The Bertz CT molecular complexity index is 1280. The SMILES string of the molecule is C[C@H](c1nc2c(F)cc(F)c(Cl)c2[nH]1)C1CCC(c2c(F)ccc3ncccc23)CC1. The lowest BCUT2D eigenvalue weighted by Gasteiger charge is -2.32. The van der Waals surface area contributed by atoms with Gasteiger partial charge in [0.05, 0.1) is 11.0 Å². The molecule has 0 spiro atoms. The second-order valence-corrected chi connectivity index (χ2v) is 8.81. The maximum Gasteiger partial charge on any atom is 0.154 e. The quantitative estimate of drug-likeness (QED) is 0.338. The molecule has 4 aromatic rings. The van der Waals surface area contributed by atoms with E-state index >= 15 is 0 Å². The highest BCUT2D eigenvalue weighted by Crippen LogP contribution is 2.44. The normalized spacial score (nSPS) is 20.4. The summed E-state index contributed by atoms with van der Waals surface area (Å²) in [5, 5.41) is 0.731. The Kier molecular flexibility index (Phi) is 5.13. The minimum absolute atomic E-state index is 0.0194. The summed E-state index contributed by atoms with van der Waals surface area (Å²) in [6.45, 7) is 2.04. The number of fused-ring (bicyclic) bond motifs is 2. The molecule has 2 aromatic heterocycles. The maximum atomic E-state index is 14.7. The maximum absolute atomic E-state index is 14.7. The van der Waals surface area contributed by atoms with E-state index in [0.717, 1.165) is 48.2 Å². The number of halogens is 4. The summed E-state index contributed by atoms with van der Waals surface area (Å²) in [4.78, 5) is 11.8. The van der Waals surface area contributed by atoms with Crippen molar-refractivity contribution in [1.82, 2.24) is 15.0 Å². The summed E-state index contributed by atoms with van der Waals surface area (Å²) >= 11 is 6.00. The van der Waals surface area contributed by atoms with Crippen LogP contribution in [0.15, 0.2) is 36.5 Å². The predicted molar refractivity (Wildman–Crippen MR) is 116 cm³/mol. The van der Waals surface area contributed by atoms with Crippen molar-refractivity contribution >= 4 is 33.5 Å². The summed E-state index contributed by atoms with van der Waals surface area (Å²) < 4.78 is 42.6. The number of pyridine rings is 1. The number of benzene rings is 2. The molecule has 1 saturated carbocycles. The third kappa shape index (κ3) is 3.47. The van der Waals surface area contributed by atoms with Crippen molar-refractivity contribution in [1.29, 1.82) is 0 Å². The molecule has 5 rings (SSSR count). The van der Waals surface area contributed by atoms with Crippen LogP contribution in [0.3, 0.4) is 0 Å². The summed E-state index contributed by atoms with van der Waals surface area (Å²) in [6, 6.07) is 7.76. The summed E-state index contributed by atoms with van der Waals surface area (Å²) in [6.07, 6.45) is 5.21. The van der Waals surface area contributed by atoms with E-state index in [-0.39, 0.29) is 33.7 Å². The van der Waals surface area contributed by atoms with Gasteiger partial charge in [0.15, 0.2) is 5.82 Å². The second-order valence-electron chi connectivity index (χ2n) is 8.43. The standard InChI is InChI=1S/C24H21ClF3N3/c1-12(24-30-22-18(28)11-17(27)21(25)23(22)31-24)13-4-6-14(7-5-13)20-15-3-2-10-29-19(15)9-8-16(20)26/h2-3,8-14H,4-7H2,1H3,(H,30,31)/t12-,13?,14?/m0/s1. The molecule has 2 heterocycles. The lowest BCUT2D eigenvalue weighted by atomic mass is 9.73. The molecule has 1 aliphatic rings. The molecule has 1 N–H and O–H groups in total. The van der Waals surface area contributed by atoms with Gasteiger partial charge in [-0.1, -0.05) is 24.6 Å². The average Bonchev–Trinajstić information content (AvgIpc) is 3.24. The van der Waals surface area contributed by atoms with Crippen LogP contribution in [0.4, 0.5) is 13.2 Å². The van der Waals surface area contributed by atoms with Crippen molar-refractivity contribution in [3.63, 3.8) is 0 Å². The zero-order chi connectivity index (χ0) is 21.7. The minimum Gasteiger partial charge on any atom is -0.340 e. The Morgan fingerprint density at radius 2 is 1.81 bits per heavy atom. The van der Waals surface area contributed by atoms with E-state index in [9.17, 15) is 13.2 Å². The van der Waals surface area contributed by atoms with Crippen LogP contribution in [-0.4, -0.2) is 15.0 Å². The Balaban J connectivity index is 1.38. The lowest BCUT2D eigenvalue weighted by Crippen LogP contribution is -2.19. The first kappa shape index (κ1) is 20.3. The van der Waals surface area contributed by atoms with Crippen molar-refractivity contribution in [2.24, 2.45) is 5.92 Å². The van der Waals surface area contributed by atoms with Crippen LogP contribution in [0.2, 0.25) is 5.02 Å². The number of H-pyrrole nitrogens is 1. The Labute approximate surface area is 182 Å². The van der Waals surface area contributed by atoms with Crippen molar-refractivity contribution in [3.05, 3.63) is 70.4 Å². The van der Waals surface area contributed by atoms with Gasteiger partial charge in [-0.3, -0.25) is 4.98 Å². The molecule has 31 heavy (non-hydrogen) atoms. The van der Waals surface area contributed by atoms with Crippen molar-refractivity contribution in [2.75, 3.05) is 0 Å². The number of aromatic amines is 1. The highest BCUT2D eigenvalue weighted by molar-refractivity contribution is 6.35. The smallest absolute Gasteiger partial charge is 0.154 e. The van der Waals surface area contributed by atoms with Gasteiger partial charge in [0.25, 0.3) is 0 Å². The molecular formula is C24H21ClF3N3. The molecule has 0 saturated heterocycles. The molecular weight excluding hydrogens is 423 g/mol. The first-order valence-electron chi connectivity index (χ1n) is 10.5. The molecule has 0 radical (unpaired) electrons. The largest absolute Gasteiger partial charge is 0.340 e. The van der Waals surface area contributed by atoms with Crippen LogP contribution >= 0.6 is 11.6 Å². The van der Waals surface area contributed by atoms with Gasteiger partial charge in [-0.15, -0.1) is 0 Å². The lowest BCUT2D eigenvalue weighted by molar-refractivity contribution is 0.284. The van der Waals surface area contributed by atoms with E-state index < -0.39 is 11.6 Å². The Morgan fingerprint density at radius 3 is 2.58 bits per heavy atom. The highest BCUT2D eigenvalue weighted by Gasteiger charge is 2.31. The van der Waals surface area contributed by atoms with Crippen LogP contribution in [0.1, 0.15) is 55.8 Å². The van der Waals surface area contributed by atoms with E-state index in [4.69, 9.17) is 11.6 Å². The molecule has 1 fully saturated rings. The Hall–Kier alpha value is -2.60. The molecule has 1 atom stereocenters. The van der Waals surface area contributed by atoms with E-state index in [1.807, 2.05) is 19.1 Å². The van der Waals surface area contributed by atoms with Gasteiger partial charge in [-0.2, -0.15) is 0 Å².